The molecule has 0 bridgehead atoms. The van der Waals surface area contributed by atoms with Crippen LogP contribution in [0.2, 0.25) is 0 Å². The maximum atomic E-state index is 10.9. The SMILES string of the molecule is CC(C)(C)Nc1n[nH]c(=S)cc1C(=O)O. The minimum Gasteiger partial charge on any atom is -0.478 e. The highest BCUT2D eigenvalue weighted by atomic mass is 32.1. The first-order chi connectivity index (χ1) is 6.79. The lowest BCUT2D eigenvalue weighted by Gasteiger charge is -2.21. The van der Waals surface area contributed by atoms with E-state index < -0.39 is 5.97 Å². The summed E-state index contributed by atoms with van der Waals surface area (Å²) in [5.41, 5.74) is -0.178. The highest BCUT2D eigenvalue weighted by Crippen LogP contribution is 2.16. The zero-order valence-corrected chi connectivity index (χ0v) is 9.60. The van der Waals surface area contributed by atoms with E-state index >= 15 is 0 Å². The van der Waals surface area contributed by atoms with Gasteiger partial charge in [0.15, 0.2) is 5.82 Å². The van der Waals surface area contributed by atoms with Crippen molar-refractivity contribution in [3.63, 3.8) is 0 Å². The summed E-state index contributed by atoms with van der Waals surface area (Å²) < 4.78 is 0.298. The zero-order chi connectivity index (χ0) is 11.6. The normalized spacial score (nSPS) is 11.1. The number of carbonyl (C=O) groups is 1. The molecule has 0 aliphatic heterocycles. The predicted octanol–water partition coefficient (Wildman–Crippen LogP) is 2.05. The van der Waals surface area contributed by atoms with E-state index in [9.17, 15) is 4.79 Å². The van der Waals surface area contributed by atoms with Crippen molar-refractivity contribution in [3.8, 4) is 0 Å². The first kappa shape index (κ1) is 11.6. The molecular weight excluding hydrogens is 214 g/mol. The van der Waals surface area contributed by atoms with Crippen LogP contribution in [-0.2, 0) is 0 Å². The number of carboxylic acids is 1. The van der Waals surface area contributed by atoms with Crippen LogP contribution in [-0.4, -0.2) is 26.8 Å². The highest BCUT2D eigenvalue weighted by Gasteiger charge is 2.17. The lowest BCUT2D eigenvalue weighted by atomic mass is 10.1. The molecule has 1 rings (SSSR count). The Labute approximate surface area is 92.5 Å². The number of nitrogens with zero attached hydrogens (tertiary/aromatic N) is 1. The van der Waals surface area contributed by atoms with E-state index in [0.29, 0.717) is 10.5 Å². The zero-order valence-electron chi connectivity index (χ0n) is 8.79. The van der Waals surface area contributed by atoms with Crippen LogP contribution < -0.4 is 5.32 Å². The van der Waals surface area contributed by atoms with Crippen LogP contribution in [0.3, 0.4) is 0 Å². The molecule has 15 heavy (non-hydrogen) atoms. The van der Waals surface area contributed by atoms with Gasteiger partial charge in [-0.3, -0.25) is 5.10 Å². The lowest BCUT2D eigenvalue weighted by molar-refractivity contribution is 0.0697. The van der Waals surface area contributed by atoms with Crippen molar-refractivity contribution in [2.24, 2.45) is 0 Å². The van der Waals surface area contributed by atoms with Gasteiger partial charge in [-0.15, -0.1) is 0 Å². The smallest absolute Gasteiger partial charge is 0.339 e. The summed E-state index contributed by atoms with van der Waals surface area (Å²) in [7, 11) is 0. The summed E-state index contributed by atoms with van der Waals surface area (Å²) in [6, 6.07) is 1.37. The molecule has 82 valence electrons. The highest BCUT2D eigenvalue weighted by molar-refractivity contribution is 7.71. The van der Waals surface area contributed by atoms with Gasteiger partial charge in [-0.05, 0) is 26.8 Å². The number of rotatable bonds is 2. The number of nitrogens with one attached hydrogen (secondary N) is 2. The number of H-pyrrole nitrogens is 1. The van der Waals surface area contributed by atoms with Crippen molar-refractivity contribution >= 4 is 24.0 Å². The van der Waals surface area contributed by atoms with E-state index in [0.717, 1.165) is 0 Å². The Morgan fingerprint density at radius 3 is 2.67 bits per heavy atom. The third-order valence-electron chi connectivity index (χ3n) is 1.53. The van der Waals surface area contributed by atoms with Gasteiger partial charge in [-0.25, -0.2) is 4.79 Å². The minimum atomic E-state index is -1.05. The van der Waals surface area contributed by atoms with Crippen molar-refractivity contribution in [3.05, 3.63) is 16.3 Å². The summed E-state index contributed by atoms with van der Waals surface area (Å²) in [5.74, 6) is -0.752. The van der Waals surface area contributed by atoms with E-state index in [4.69, 9.17) is 17.3 Å². The first-order valence-electron chi connectivity index (χ1n) is 4.41. The molecule has 0 saturated carbocycles. The summed E-state index contributed by atoms with van der Waals surface area (Å²) in [4.78, 5) is 10.9. The van der Waals surface area contributed by atoms with E-state index in [-0.39, 0.29) is 11.1 Å². The van der Waals surface area contributed by atoms with Gasteiger partial charge in [0.1, 0.15) is 10.2 Å². The molecule has 0 aliphatic carbocycles. The van der Waals surface area contributed by atoms with Gasteiger partial charge in [-0.2, -0.15) is 5.10 Å². The second kappa shape index (κ2) is 3.98. The molecule has 0 aromatic carbocycles. The van der Waals surface area contributed by atoms with Crippen LogP contribution >= 0.6 is 12.2 Å². The predicted molar refractivity (Wildman–Crippen MR) is 59.8 cm³/mol. The third-order valence-corrected chi connectivity index (χ3v) is 1.74. The Bertz CT molecular complexity index is 434. The van der Waals surface area contributed by atoms with Crippen molar-refractivity contribution in [2.75, 3.05) is 5.32 Å². The standard InChI is InChI=1S/C9H13N3O2S/c1-9(2,3)10-7-5(8(13)14)4-6(15)11-12-7/h4H,1-3H3,(H,10,12)(H,11,15)(H,13,14). The molecule has 0 radical (unpaired) electrons. The van der Waals surface area contributed by atoms with Crippen molar-refractivity contribution in [1.29, 1.82) is 0 Å². The van der Waals surface area contributed by atoms with Gasteiger partial charge in [0, 0.05) is 5.54 Å². The van der Waals surface area contributed by atoms with Crippen LogP contribution in [0.1, 0.15) is 31.1 Å². The summed E-state index contributed by atoms with van der Waals surface area (Å²) in [5, 5.41) is 18.4. The van der Waals surface area contributed by atoms with Gasteiger partial charge in [0.05, 0.1) is 0 Å². The maximum absolute atomic E-state index is 10.9. The maximum Gasteiger partial charge on any atom is 0.339 e. The fourth-order valence-corrected chi connectivity index (χ4v) is 1.18. The van der Waals surface area contributed by atoms with Crippen LogP contribution in [0.15, 0.2) is 6.07 Å². The van der Waals surface area contributed by atoms with Crippen LogP contribution in [0, 0.1) is 4.64 Å². The van der Waals surface area contributed by atoms with Crippen molar-refractivity contribution in [2.45, 2.75) is 26.3 Å². The van der Waals surface area contributed by atoms with Crippen LogP contribution in [0.5, 0.6) is 0 Å². The Balaban J connectivity index is 3.18. The number of aromatic nitrogens is 2. The molecular formula is C9H13N3O2S. The molecule has 0 fully saturated rings. The molecule has 0 spiro atoms. The average Bonchev–Trinajstić information content (AvgIpc) is 2.05. The second-order valence-electron chi connectivity index (χ2n) is 4.17. The first-order valence-corrected chi connectivity index (χ1v) is 4.81. The monoisotopic (exact) mass is 227 g/mol. The molecule has 1 heterocycles. The van der Waals surface area contributed by atoms with Crippen LogP contribution in [0.4, 0.5) is 5.82 Å². The Kier molecular flexibility index (Phi) is 3.09. The molecule has 0 aliphatic rings. The number of aromatic amines is 1. The van der Waals surface area contributed by atoms with Gasteiger partial charge < -0.3 is 10.4 Å². The molecule has 6 heteroatoms. The number of carboxylic acid groups (broad SMARTS) is 1. The van der Waals surface area contributed by atoms with Gasteiger partial charge in [-0.1, -0.05) is 12.2 Å². The third kappa shape index (κ3) is 3.32. The average molecular weight is 227 g/mol. The fraction of sp³-hybridized carbons (Fsp3) is 0.444. The van der Waals surface area contributed by atoms with Gasteiger partial charge >= 0.3 is 5.97 Å². The minimum absolute atomic E-state index is 0.0775. The lowest BCUT2D eigenvalue weighted by Crippen LogP contribution is -2.28. The topological polar surface area (TPSA) is 78.0 Å². The number of hydrogen-bond donors (Lipinski definition) is 3. The summed E-state index contributed by atoms with van der Waals surface area (Å²) in [6.45, 7) is 5.76. The Morgan fingerprint density at radius 2 is 2.20 bits per heavy atom. The van der Waals surface area contributed by atoms with Gasteiger partial charge in [0.25, 0.3) is 0 Å². The molecule has 0 atom stereocenters. The number of aromatic carboxylic acids is 1. The molecule has 1 aromatic rings. The molecule has 0 saturated heterocycles. The van der Waals surface area contributed by atoms with E-state index in [1.54, 1.807) is 0 Å². The molecule has 0 amide bonds. The summed E-state index contributed by atoms with van der Waals surface area (Å²) >= 11 is 4.81. The largest absolute Gasteiger partial charge is 0.478 e. The molecule has 5 nitrogen and oxygen atoms in total. The van der Waals surface area contributed by atoms with Crippen molar-refractivity contribution in [1.82, 2.24) is 10.2 Å². The molecule has 3 N–H and O–H groups in total. The number of hydrogen-bond acceptors (Lipinski definition) is 4. The van der Waals surface area contributed by atoms with Crippen molar-refractivity contribution < 1.29 is 9.90 Å². The van der Waals surface area contributed by atoms with E-state index in [2.05, 4.69) is 15.5 Å². The fourth-order valence-electron chi connectivity index (χ4n) is 1.02. The molecule has 0 unspecified atom stereocenters. The number of anilines is 1. The van der Waals surface area contributed by atoms with E-state index in [1.807, 2.05) is 20.8 Å². The van der Waals surface area contributed by atoms with E-state index in [1.165, 1.54) is 6.07 Å². The Hall–Kier alpha value is -1.43. The van der Waals surface area contributed by atoms with Crippen LogP contribution in [0.25, 0.3) is 0 Å². The summed E-state index contributed by atoms with van der Waals surface area (Å²) in [6.07, 6.45) is 0. The Morgan fingerprint density at radius 1 is 1.60 bits per heavy atom. The molecule has 1 aromatic heterocycles. The quantitative estimate of drug-likeness (QED) is 0.674. The second-order valence-corrected chi connectivity index (χ2v) is 4.61. The van der Waals surface area contributed by atoms with Gasteiger partial charge in [0.2, 0.25) is 0 Å².